The van der Waals surface area contributed by atoms with Gasteiger partial charge in [0.25, 0.3) is 0 Å². The van der Waals surface area contributed by atoms with Crippen LogP contribution in [0.4, 0.5) is 4.39 Å². The van der Waals surface area contributed by atoms with E-state index < -0.39 is 0 Å². The number of halogens is 1. The summed E-state index contributed by atoms with van der Waals surface area (Å²) < 4.78 is 13.3. The molecule has 3 aromatic carbocycles. The summed E-state index contributed by atoms with van der Waals surface area (Å²) in [5.74, 6) is -0.166. The van der Waals surface area contributed by atoms with Gasteiger partial charge in [-0.3, -0.25) is 0 Å². The molecule has 0 bridgehead atoms. The smallest absolute Gasteiger partial charge is 0.124 e. The van der Waals surface area contributed by atoms with Crippen LogP contribution < -0.4 is 0 Å². The summed E-state index contributed by atoms with van der Waals surface area (Å²) in [4.78, 5) is 0. The molecule has 0 amide bonds. The zero-order valence-electron chi connectivity index (χ0n) is 11.7. The summed E-state index contributed by atoms with van der Waals surface area (Å²) >= 11 is 0. The van der Waals surface area contributed by atoms with Gasteiger partial charge in [0.2, 0.25) is 0 Å². The third kappa shape index (κ3) is 2.93. The minimum atomic E-state index is -0.166. The first-order valence-corrected chi connectivity index (χ1v) is 6.74. The van der Waals surface area contributed by atoms with Crippen molar-refractivity contribution in [3.05, 3.63) is 59.9 Å². The quantitative estimate of drug-likeness (QED) is 0.441. The Morgan fingerprint density at radius 3 is 2.05 bits per heavy atom. The second kappa shape index (κ2) is 5.83. The first-order valence-electron chi connectivity index (χ1n) is 6.74. The summed E-state index contributed by atoms with van der Waals surface area (Å²) in [5, 5.41) is 4.45. The number of hydrogen-bond donors (Lipinski definition) is 0. The Labute approximate surface area is 113 Å². The highest BCUT2D eigenvalue weighted by Gasteiger charge is 2.02. The molecule has 3 aromatic rings. The van der Waals surface area contributed by atoms with Gasteiger partial charge in [0.1, 0.15) is 5.82 Å². The highest BCUT2D eigenvalue weighted by Crippen LogP contribution is 2.26. The van der Waals surface area contributed by atoms with Gasteiger partial charge < -0.3 is 0 Å². The normalized spacial score (nSPS) is 10.3. The molecule has 0 aromatic heterocycles. The fraction of sp³-hybridized carbons (Fsp3) is 0.222. The molecule has 0 atom stereocenters. The van der Waals surface area contributed by atoms with Crippen molar-refractivity contribution in [2.45, 2.75) is 27.2 Å². The fourth-order valence-electron chi connectivity index (χ4n) is 2.19. The number of aryl methyl sites for hydroxylation is 1. The van der Waals surface area contributed by atoms with Crippen molar-refractivity contribution in [3.63, 3.8) is 0 Å². The van der Waals surface area contributed by atoms with E-state index in [4.69, 9.17) is 0 Å². The van der Waals surface area contributed by atoms with Crippen LogP contribution in [0.5, 0.6) is 0 Å². The lowest BCUT2D eigenvalue weighted by atomic mass is 10.0. The van der Waals surface area contributed by atoms with Crippen molar-refractivity contribution >= 4 is 21.5 Å². The van der Waals surface area contributed by atoms with Crippen LogP contribution >= 0.6 is 0 Å². The van der Waals surface area contributed by atoms with E-state index >= 15 is 0 Å². The average Bonchev–Trinajstić information content (AvgIpc) is 2.37. The fourth-order valence-corrected chi connectivity index (χ4v) is 2.19. The minimum Gasteiger partial charge on any atom is -0.207 e. The number of hydrogen-bond acceptors (Lipinski definition) is 0. The van der Waals surface area contributed by atoms with E-state index in [2.05, 4.69) is 32.0 Å². The van der Waals surface area contributed by atoms with Crippen molar-refractivity contribution in [1.29, 1.82) is 0 Å². The molecule has 0 unspecified atom stereocenters. The molecule has 0 nitrogen and oxygen atoms in total. The van der Waals surface area contributed by atoms with Crippen LogP contribution in [0.25, 0.3) is 21.5 Å². The van der Waals surface area contributed by atoms with E-state index in [1.54, 1.807) is 12.1 Å². The van der Waals surface area contributed by atoms with E-state index in [1.807, 2.05) is 25.1 Å². The third-order valence-corrected chi connectivity index (χ3v) is 2.99. The van der Waals surface area contributed by atoms with Crippen LogP contribution in [-0.2, 0) is 0 Å². The minimum absolute atomic E-state index is 0.166. The topological polar surface area (TPSA) is 0 Å². The first kappa shape index (κ1) is 13.5. The molecule has 0 aliphatic rings. The molecule has 0 saturated carbocycles. The monoisotopic (exact) mass is 254 g/mol. The number of benzene rings is 3. The van der Waals surface area contributed by atoms with Crippen molar-refractivity contribution in [3.8, 4) is 0 Å². The van der Waals surface area contributed by atoms with Crippen molar-refractivity contribution in [1.82, 2.24) is 0 Å². The Balaban J connectivity index is 0.000000408. The Morgan fingerprint density at radius 1 is 0.842 bits per heavy atom. The lowest BCUT2D eigenvalue weighted by Crippen LogP contribution is -1.83. The molecule has 0 spiro atoms. The van der Waals surface area contributed by atoms with Gasteiger partial charge in [0, 0.05) is 0 Å². The highest BCUT2D eigenvalue weighted by atomic mass is 19.1. The van der Waals surface area contributed by atoms with E-state index in [0.29, 0.717) is 0 Å². The summed E-state index contributed by atoms with van der Waals surface area (Å²) in [7, 11) is 0. The Morgan fingerprint density at radius 2 is 1.42 bits per heavy atom. The van der Waals surface area contributed by atoms with Crippen LogP contribution in [0.3, 0.4) is 0 Å². The maximum Gasteiger partial charge on any atom is 0.124 e. The molecule has 98 valence electrons. The summed E-state index contributed by atoms with van der Waals surface area (Å²) in [6.07, 6.45) is 1.25. The molecular formula is C18H19F. The molecule has 3 rings (SSSR count). The predicted molar refractivity (Wildman–Crippen MR) is 82.1 cm³/mol. The standard InChI is InChI=1S/C15H11F.C3H8/c1-10-6-14(16)8-13-7-11-4-2-3-5-12(11)9-15(10)13;1-3-2/h2-9H,1H3;3H2,1-2H3. The maximum absolute atomic E-state index is 13.3. The lowest BCUT2D eigenvalue weighted by Gasteiger charge is -2.05. The Bertz CT molecular complexity index is 698. The average molecular weight is 254 g/mol. The first-order chi connectivity index (χ1) is 9.15. The molecule has 0 radical (unpaired) electrons. The number of fused-ring (bicyclic) bond motifs is 2. The van der Waals surface area contributed by atoms with Gasteiger partial charge in [-0.05, 0) is 58.3 Å². The van der Waals surface area contributed by atoms with E-state index in [1.165, 1.54) is 11.8 Å². The van der Waals surface area contributed by atoms with Gasteiger partial charge in [0.15, 0.2) is 0 Å². The van der Waals surface area contributed by atoms with Gasteiger partial charge in [-0.1, -0.05) is 44.5 Å². The summed E-state index contributed by atoms with van der Waals surface area (Å²) in [6.45, 7) is 6.19. The molecule has 0 N–H and O–H groups in total. The molecule has 19 heavy (non-hydrogen) atoms. The van der Waals surface area contributed by atoms with Crippen LogP contribution in [0.15, 0.2) is 48.5 Å². The zero-order valence-corrected chi connectivity index (χ0v) is 11.7. The van der Waals surface area contributed by atoms with Crippen molar-refractivity contribution in [2.75, 3.05) is 0 Å². The lowest BCUT2D eigenvalue weighted by molar-refractivity contribution is 0.628. The molecular weight excluding hydrogens is 235 g/mol. The second-order valence-electron chi connectivity index (χ2n) is 4.85. The van der Waals surface area contributed by atoms with Gasteiger partial charge >= 0.3 is 0 Å². The molecule has 0 saturated heterocycles. The van der Waals surface area contributed by atoms with E-state index in [-0.39, 0.29) is 5.82 Å². The van der Waals surface area contributed by atoms with Crippen molar-refractivity contribution < 1.29 is 4.39 Å². The number of rotatable bonds is 0. The third-order valence-electron chi connectivity index (χ3n) is 2.99. The van der Waals surface area contributed by atoms with Crippen LogP contribution in [0.1, 0.15) is 25.8 Å². The van der Waals surface area contributed by atoms with Crippen LogP contribution in [-0.4, -0.2) is 0 Å². The van der Waals surface area contributed by atoms with Gasteiger partial charge in [-0.2, -0.15) is 0 Å². The van der Waals surface area contributed by atoms with E-state index in [0.717, 1.165) is 21.7 Å². The highest BCUT2D eigenvalue weighted by molar-refractivity contribution is 5.99. The van der Waals surface area contributed by atoms with Gasteiger partial charge in [-0.15, -0.1) is 0 Å². The molecule has 1 heteroatoms. The van der Waals surface area contributed by atoms with Gasteiger partial charge in [-0.25, -0.2) is 4.39 Å². The SMILES string of the molecule is CCC.Cc1cc(F)cc2cc3ccccc3cc12. The molecule has 0 fully saturated rings. The summed E-state index contributed by atoms with van der Waals surface area (Å²) in [5.41, 5.74) is 0.987. The van der Waals surface area contributed by atoms with Crippen LogP contribution in [0, 0.1) is 12.7 Å². The van der Waals surface area contributed by atoms with Gasteiger partial charge in [0.05, 0.1) is 0 Å². The van der Waals surface area contributed by atoms with Crippen molar-refractivity contribution in [2.24, 2.45) is 0 Å². The zero-order chi connectivity index (χ0) is 13.8. The largest absolute Gasteiger partial charge is 0.207 e. The second-order valence-corrected chi connectivity index (χ2v) is 4.85. The molecule has 0 aliphatic heterocycles. The van der Waals surface area contributed by atoms with Crippen LogP contribution in [0.2, 0.25) is 0 Å². The maximum atomic E-state index is 13.3. The summed E-state index contributed by atoms with van der Waals surface area (Å²) in [6, 6.07) is 15.5. The molecule has 0 aliphatic carbocycles. The Hall–Kier alpha value is -1.89. The molecule has 0 heterocycles. The predicted octanol–water partition coefficient (Wildman–Crippen LogP) is 5.86. The van der Waals surface area contributed by atoms with E-state index in [9.17, 15) is 4.39 Å². The Kier molecular flexibility index (Phi) is 4.16.